The minimum Gasteiger partial charge on any atom is -0.415 e. The summed E-state index contributed by atoms with van der Waals surface area (Å²) in [6.07, 6.45) is 1.63. The maximum absolute atomic E-state index is 14.2. The fourth-order valence-electron chi connectivity index (χ4n) is 3.90. The monoisotopic (exact) mass is 450 g/mol. The Balaban J connectivity index is 1.59. The zero-order chi connectivity index (χ0) is 22.4. The molecule has 1 aliphatic rings. The number of para-hydroxylation sites is 2. The molecule has 2 atom stereocenters. The van der Waals surface area contributed by atoms with Gasteiger partial charge in [-0.05, 0) is 49.1 Å². The highest BCUT2D eigenvalue weighted by Gasteiger charge is 2.48. The topological polar surface area (TPSA) is 81.9 Å². The lowest BCUT2D eigenvalue weighted by molar-refractivity contribution is -0.132. The fraction of sp³-hybridized carbons (Fsp3) is 0.240. The molecule has 1 fully saturated rings. The van der Waals surface area contributed by atoms with Gasteiger partial charge in [-0.1, -0.05) is 66.7 Å². The number of nitrogens with two attached hydrogens (primary N) is 1. The first-order chi connectivity index (χ1) is 15.5. The molecule has 4 rings (SSSR count). The molecule has 3 aromatic rings. The third kappa shape index (κ3) is 5.21. The molecule has 0 aromatic heterocycles. The normalized spacial score (nSPS) is 17.0. The van der Waals surface area contributed by atoms with Gasteiger partial charge in [-0.15, -0.1) is 0 Å². The molecule has 7 heteroatoms. The second-order valence-electron chi connectivity index (χ2n) is 7.80. The number of rotatable bonds is 8. The van der Waals surface area contributed by atoms with E-state index in [0.29, 0.717) is 37.3 Å². The fourth-order valence-corrected chi connectivity index (χ4v) is 6.08. The Morgan fingerprint density at radius 3 is 1.94 bits per heavy atom. The number of hydrogen-bond donors (Lipinski definition) is 1. The molecule has 1 saturated heterocycles. The minimum absolute atomic E-state index is 0.245. The molecule has 166 valence electrons. The summed E-state index contributed by atoms with van der Waals surface area (Å²) in [5, 5.41) is 0. The lowest BCUT2D eigenvalue weighted by Gasteiger charge is -2.32. The molecule has 0 aliphatic carbocycles. The van der Waals surface area contributed by atoms with E-state index in [4.69, 9.17) is 14.8 Å². The first kappa shape index (κ1) is 22.1. The summed E-state index contributed by atoms with van der Waals surface area (Å²) in [5.41, 5.74) is 7.26. The molecular weight excluding hydrogens is 423 g/mol. The van der Waals surface area contributed by atoms with Gasteiger partial charge in [-0.25, -0.2) is 4.57 Å². The van der Waals surface area contributed by atoms with E-state index in [1.54, 1.807) is 53.4 Å². The molecule has 0 spiro atoms. The van der Waals surface area contributed by atoms with E-state index in [-0.39, 0.29) is 5.91 Å². The molecule has 0 bridgehead atoms. The number of amides is 1. The first-order valence-electron chi connectivity index (χ1n) is 10.7. The van der Waals surface area contributed by atoms with Gasteiger partial charge in [-0.3, -0.25) is 4.79 Å². The molecule has 1 heterocycles. The predicted molar refractivity (Wildman–Crippen MR) is 125 cm³/mol. The van der Waals surface area contributed by atoms with E-state index in [9.17, 15) is 9.36 Å². The third-order valence-corrected chi connectivity index (χ3v) is 7.63. The largest absolute Gasteiger partial charge is 0.453 e. The van der Waals surface area contributed by atoms with Crippen molar-refractivity contribution in [2.24, 2.45) is 5.73 Å². The lowest BCUT2D eigenvalue weighted by atomic mass is 10.1. The van der Waals surface area contributed by atoms with Gasteiger partial charge < -0.3 is 19.7 Å². The molecule has 3 aromatic carbocycles. The van der Waals surface area contributed by atoms with E-state index >= 15 is 0 Å². The van der Waals surface area contributed by atoms with Gasteiger partial charge in [0.05, 0.1) is 6.04 Å². The van der Waals surface area contributed by atoms with E-state index in [2.05, 4.69) is 0 Å². The number of likely N-dealkylation sites (tertiary alicyclic amines) is 1. The molecule has 32 heavy (non-hydrogen) atoms. The summed E-state index contributed by atoms with van der Waals surface area (Å²) >= 11 is 0. The lowest BCUT2D eigenvalue weighted by Crippen LogP contribution is -2.47. The van der Waals surface area contributed by atoms with Gasteiger partial charge >= 0.3 is 7.60 Å². The van der Waals surface area contributed by atoms with Crippen LogP contribution in [0.1, 0.15) is 18.4 Å². The zero-order valence-corrected chi connectivity index (χ0v) is 18.6. The van der Waals surface area contributed by atoms with Crippen LogP contribution in [-0.4, -0.2) is 29.2 Å². The van der Waals surface area contributed by atoms with Crippen LogP contribution in [0.25, 0.3) is 0 Å². The summed E-state index contributed by atoms with van der Waals surface area (Å²) < 4.78 is 26.1. The SMILES string of the molecule is N[C@@H](Cc1ccccc1)C(=O)N1CCC[C@@H]1P(=O)(Oc1ccccc1)Oc1ccccc1. The van der Waals surface area contributed by atoms with E-state index in [1.165, 1.54) is 0 Å². The van der Waals surface area contributed by atoms with Gasteiger partial charge in [-0.2, -0.15) is 0 Å². The highest BCUT2D eigenvalue weighted by Crippen LogP contribution is 2.57. The summed E-state index contributed by atoms with van der Waals surface area (Å²) in [6, 6.07) is 26.7. The van der Waals surface area contributed by atoms with E-state index < -0.39 is 19.4 Å². The van der Waals surface area contributed by atoms with Gasteiger partial charge in [0.25, 0.3) is 0 Å². The number of carbonyl (C=O) groups is 1. The summed E-state index contributed by atoms with van der Waals surface area (Å²) in [4.78, 5) is 14.9. The molecule has 6 nitrogen and oxygen atoms in total. The Morgan fingerprint density at radius 2 is 1.41 bits per heavy atom. The van der Waals surface area contributed by atoms with Crippen molar-refractivity contribution >= 4 is 13.5 Å². The second-order valence-corrected chi connectivity index (χ2v) is 9.84. The van der Waals surface area contributed by atoms with Crippen molar-refractivity contribution in [3.8, 4) is 11.5 Å². The van der Waals surface area contributed by atoms with Crippen LogP contribution in [0.5, 0.6) is 11.5 Å². The van der Waals surface area contributed by atoms with Crippen molar-refractivity contribution in [2.45, 2.75) is 31.1 Å². The van der Waals surface area contributed by atoms with Crippen molar-refractivity contribution in [1.82, 2.24) is 4.90 Å². The highest BCUT2D eigenvalue weighted by atomic mass is 31.2. The van der Waals surface area contributed by atoms with Crippen molar-refractivity contribution in [1.29, 1.82) is 0 Å². The van der Waals surface area contributed by atoms with Crippen molar-refractivity contribution < 1.29 is 18.4 Å². The maximum Gasteiger partial charge on any atom is 0.453 e. The van der Waals surface area contributed by atoms with Crippen LogP contribution in [0.3, 0.4) is 0 Å². The number of nitrogens with zero attached hydrogens (tertiary/aromatic N) is 1. The third-order valence-electron chi connectivity index (χ3n) is 5.44. The Kier molecular flexibility index (Phi) is 6.93. The van der Waals surface area contributed by atoms with Crippen LogP contribution in [-0.2, 0) is 15.8 Å². The van der Waals surface area contributed by atoms with Crippen molar-refractivity contribution in [3.05, 3.63) is 96.6 Å². The summed E-state index contributed by atoms with van der Waals surface area (Å²) in [5.74, 6) is -0.0959. The summed E-state index contributed by atoms with van der Waals surface area (Å²) in [7, 11) is -3.79. The van der Waals surface area contributed by atoms with E-state index in [0.717, 1.165) is 5.56 Å². The molecule has 0 saturated carbocycles. The van der Waals surface area contributed by atoms with Gasteiger partial charge in [0.2, 0.25) is 5.91 Å². The number of carbonyl (C=O) groups excluding carboxylic acids is 1. The Morgan fingerprint density at radius 1 is 0.906 bits per heavy atom. The minimum atomic E-state index is -3.79. The van der Waals surface area contributed by atoms with Gasteiger partial charge in [0.1, 0.15) is 11.5 Å². The zero-order valence-electron chi connectivity index (χ0n) is 17.7. The Bertz CT molecular complexity index is 1020. The standard InChI is InChI=1S/C25H27N2O4P/c26-23(19-20-11-4-1-5-12-20)25(28)27-18-10-17-24(27)32(29,30-21-13-6-2-7-14-21)31-22-15-8-3-9-16-22/h1-9,11-16,23-24H,10,17-19,26H2/t23-,24-/m0/s1. The first-order valence-corrected chi connectivity index (χ1v) is 12.4. The molecule has 1 aliphatic heterocycles. The highest BCUT2D eigenvalue weighted by molar-refractivity contribution is 7.55. The van der Waals surface area contributed by atoms with E-state index in [1.807, 2.05) is 42.5 Å². The Hall–Kier alpha value is -3.08. The van der Waals surface area contributed by atoms with Crippen LogP contribution in [0, 0.1) is 0 Å². The molecule has 0 unspecified atom stereocenters. The average Bonchev–Trinajstić information content (AvgIpc) is 3.31. The summed E-state index contributed by atoms with van der Waals surface area (Å²) in [6.45, 7) is 0.465. The Labute approximate surface area is 188 Å². The second kappa shape index (κ2) is 10.0. The maximum atomic E-state index is 14.2. The predicted octanol–water partition coefficient (Wildman–Crippen LogP) is 4.86. The van der Waals surface area contributed by atoms with Gasteiger partial charge in [0, 0.05) is 6.54 Å². The van der Waals surface area contributed by atoms with Crippen LogP contribution in [0.2, 0.25) is 0 Å². The molecule has 0 radical (unpaired) electrons. The molecule has 1 amide bonds. The molecule has 2 N–H and O–H groups in total. The molecular formula is C25H27N2O4P. The van der Waals surface area contributed by atoms with Crippen LogP contribution >= 0.6 is 7.60 Å². The van der Waals surface area contributed by atoms with Gasteiger partial charge in [0.15, 0.2) is 5.78 Å². The quantitative estimate of drug-likeness (QED) is 0.496. The van der Waals surface area contributed by atoms with Crippen LogP contribution in [0.15, 0.2) is 91.0 Å². The smallest absolute Gasteiger partial charge is 0.415 e. The van der Waals surface area contributed by atoms with Crippen LogP contribution in [0.4, 0.5) is 0 Å². The average molecular weight is 450 g/mol. The number of hydrogen-bond acceptors (Lipinski definition) is 5. The number of benzene rings is 3. The van der Waals surface area contributed by atoms with Crippen molar-refractivity contribution in [2.75, 3.05) is 6.54 Å². The van der Waals surface area contributed by atoms with Crippen LogP contribution < -0.4 is 14.8 Å². The van der Waals surface area contributed by atoms with Crippen molar-refractivity contribution in [3.63, 3.8) is 0 Å².